The summed E-state index contributed by atoms with van der Waals surface area (Å²) < 4.78 is 110. The van der Waals surface area contributed by atoms with E-state index in [0.717, 1.165) is 19.4 Å². The van der Waals surface area contributed by atoms with Crippen LogP contribution in [0.1, 0.15) is 19.4 Å². The van der Waals surface area contributed by atoms with Crippen LogP contribution in [-0.4, -0.2) is 212 Å². The second-order valence-corrected chi connectivity index (χ2v) is 18.5. The summed E-state index contributed by atoms with van der Waals surface area (Å²) in [5.74, 6) is 14.9. The summed E-state index contributed by atoms with van der Waals surface area (Å²) in [6.45, 7) is 1.21. The molecule has 0 radical (unpaired) electrons. The van der Waals surface area contributed by atoms with Gasteiger partial charge >= 0.3 is 32.7 Å². The lowest BCUT2D eigenvalue weighted by Crippen LogP contribution is -2.70. The smallest absolute Gasteiger partial charge is 0.415 e. The SMILES string of the molecule is CC(=O)NC1[C@@H](O[C@@H]2C(C(=O)ON)O[C@@H](O[C@@H]3C(COS(=O)(=O)ON)OC(O[C@H]4C(C(=O)ON)O[C@@H](Oc5ccc(C)cc5)C(O)[C@@H]4O)C(NC(C)=O)[C@H]3O)C(O)[C@@H]2O)OC(COS(=O)(=O)ON)[C@@H](O)[C@@H]1O. The molecule has 0 spiro atoms. The summed E-state index contributed by atoms with van der Waals surface area (Å²) >= 11 is 0. The van der Waals surface area contributed by atoms with Gasteiger partial charge in [0.15, 0.2) is 31.1 Å². The molecular weight excluding hydrogens is 1030 g/mol. The molecule has 0 bridgehead atoms. The molecule has 1 aromatic rings. The molecule has 2 amide bonds. The Kier molecular flexibility index (Phi) is 20.4. The van der Waals surface area contributed by atoms with Gasteiger partial charge in [0.25, 0.3) is 0 Å². The number of carbonyl (C=O) groups excluding carboxylic acids is 4. The molecule has 9 unspecified atom stereocenters. The van der Waals surface area contributed by atoms with Crippen LogP contribution < -0.4 is 39.0 Å². The lowest BCUT2D eigenvalue weighted by atomic mass is 9.94. The van der Waals surface area contributed by atoms with E-state index in [2.05, 4.69) is 39.0 Å². The molecule has 72 heavy (non-hydrogen) atoms. The van der Waals surface area contributed by atoms with Gasteiger partial charge in [-0.25, -0.2) is 18.0 Å². The zero-order chi connectivity index (χ0) is 53.6. The molecule has 4 heterocycles. The van der Waals surface area contributed by atoms with Gasteiger partial charge in [-0.2, -0.15) is 49.0 Å². The molecule has 37 heteroatoms. The molecular formula is C35H54N6O29S2. The van der Waals surface area contributed by atoms with Gasteiger partial charge in [-0.1, -0.05) is 17.7 Å². The van der Waals surface area contributed by atoms with Crippen LogP contribution in [0.2, 0.25) is 0 Å². The monoisotopic (exact) mass is 1090 g/mol. The Bertz CT molecular complexity index is 2240. The second-order valence-electron chi connectivity index (χ2n) is 16.0. The van der Waals surface area contributed by atoms with Gasteiger partial charge in [0, 0.05) is 13.8 Å². The molecule has 5 rings (SSSR count). The van der Waals surface area contributed by atoms with Crippen molar-refractivity contribution in [3.63, 3.8) is 0 Å². The van der Waals surface area contributed by atoms with Gasteiger partial charge in [0.2, 0.25) is 18.1 Å². The third-order valence-corrected chi connectivity index (χ3v) is 12.4. The lowest BCUT2D eigenvalue weighted by Gasteiger charge is -2.49. The first kappa shape index (κ1) is 58.8. The Balaban J connectivity index is 1.45. The van der Waals surface area contributed by atoms with Crippen molar-refractivity contribution >= 4 is 44.6 Å². The first-order chi connectivity index (χ1) is 33.8. The number of aliphatic hydroxyl groups is 7. The minimum Gasteiger partial charge on any atom is -0.462 e. The number of aryl methyl sites for hydroxylation is 1. The van der Waals surface area contributed by atoms with E-state index >= 15 is 0 Å². The van der Waals surface area contributed by atoms with E-state index in [1.807, 2.05) is 0 Å². The van der Waals surface area contributed by atoms with Crippen LogP contribution in [0, 0.1) is 6.92 Å². The fourth-order valence-electron chi connectivity index (χ4n) is 7.57. The van der Waals surface area contributed by atoms with E-state index in [1.54, 1.807) is 19.1 Å². The Hall–Kier alpha value is -4.08. The molecule has 4 aliphatic heterocycles. The fraction of sp³-hybridized carbons (Fsp3) is 0.714. The van der Waals surface area contributed by atoms with Crippen molar-refractivity contribution in [3.05, 3.63) is 29.8 Å². The molecule has 4 saturated heterocycles. The zero-order valence-electron chi connectivity index (χ0n) is 37.5. The first-order valence-electron chi connectivity index (χ1n) is 20.8. The standard InChI is InChI=1S/C35H54N6O29S2/c1-10-4-6-13(7-5-10)59-34-23(49)21(47)26(28(65-34)30(51)67-36)64-33-17(41-12(3)43)20(46)25(15(61-33)9-58-72(55,56)70-39)62-35-24(50)22(48)27(29(66-35)31(52)68-37)63-32-16(40-11(2)42)19(45)18(44)14(60-32)8-57-71(53,54)69-38/h4-7,14-29,32-35,44-50H,8-9,36-39H2,1-3H3,(H,40,42)(H,41,43)/t14?,15?,16?,17?,18-,19-,20-,21+,22+,23?,24?,25-,26-,27+,28?,29?,32-,33?,34-,35-/m1/s1. The highest BCUT2D eigenvalue weighted by Crippen LogP contribution is 2.36. The molecule has 1 aromatic carbocycles. The highest BCUT2D eigenvalue weighted by atomic mass is 32.3. The number of benzene rings is 1. The highest BCUT2D eigenvalue weighted by Gasteiger charge is 2.58. The minimum atomic E-state index is -5.11. The van der Waals surface area contributed by atoms with E-state index in [-0.39, 0.29) is 5.75 Å². The van der Waals surface area contributed by atoms with Crippen molar-refractivity contribution < 1.29 is 136 Å². The van der Waals surface area contributed by atoms with E-state index in [9.17, 15) is 71.8 Å². The van der Waals surface area contributed by atoms with Crippen LogP contribution in [0.5, 0.6) is 5.75 Å². The third-order valence-electron chi connectivity index (χ3n) is 11.0. The van der Waals surface area contributed by atoms with Crippen LogP contribution in [0.3, 0.4) is 0 Å². The number of nitrogens with one attached hydrogen (secondary N) is 2. The van der Waals surface area contributed by atoms with Crippen molar-refractivity contribution in [1.82, 2.24) is 10.6 Å². The van der Waals surface area contributed by atoms with E-state index < -0.39 is 180 Å². The van der Waals surface area contributed by atoms with Crippen molar-refractivity contribution in [2.45, 2.75) is 143 Å². The fourth-order valence-corrected chi connectivity index (χ4v) is 8.29. The molecule has 0 aliphatic carbocycles. The summed E-state index contributed by atoms with van der Waals surface area (Å²) in [5.41, 5.74) is 0.813. The first-order valence-corrected chi connectivity index (χ1v) is 23.4. The molecule has 410 valence electrons. The predicted molar refractivity (Wildman–Crippen MR) is 219 cm³/mol. The molecule has 17 N–H and O–H groups in total. The zero-order valence-corrected chi connectivity index (χ0v) is 39.1. The number of carbonyl (C=O) groups is 4. The summed E-state index contributed by atoms with van der Waals surface area (Å²) in [6, 6.07) is 2.42. The lowest BCUT2D eigenvalue weighted by molar-refractivity contribution is -0.369. The molecule has 4 aliphatic rings. The quantitative estimate of drug-likeness (QED) is 0.0539. The van der Waals surface area contributed by atoms with Gasteiger partial charge in [-0.15, -0.1) is 0 Å². The molecule has 20 atom stereocenters. The number of hydrogen-bond acceptors (Lipinski definition) is 33. The van der Waals surface area contributed by atoms with Crippen LogP contribution in [0.4, 0.5) is 0 Å². The number of nitrogens with two attached hydrogens (primary N) is 4. The molecule has 0 aromatic heterocycles. The largest absolute Gasteiger partial charge is 0.462 e. The second kappa shape index (κ2) is 25.0. The number of ether oxygens (including phenoxy) is 8. The van der Waals surface area contributed by atoms with Crippen LogP contribution in [-0.2, 0) is 99.7 Å². The van der Waals surface area contributed by atoms with Gasteiger partial charge in [0.05, 0.1) is 13.2 Å². The Labute approximate surface area is 406 Å². The highest BCUT2D eigenvalue weighted by molar-refractivity contribution is 7.82. The average molecular weight is 1090 g/mol. The third kappa shape index (κ3) is 14.2. The Morgan fingerprint density at radius 1 is 0.542 bits per heavy atom. The molecule has 35 nitrogen and oxygen atoms in total. The van der Waals surface area contributed by atoms with E-state index in [0.29, 0.717) is 0 Å². The van der Waals surface area contributed by atoms with Crippen LogP contribution >= 0.6 is 0 Å². The summed E-state index contributed by atoms with van der Waals surface area (Å²) in [7, 11) is -10.0. The Morgan fingerprint density at radius 2 is 0.958 bits per heavy atom. The topological polar surface area (TPSA) is 536 Å². The number of rotatable bonds is 20. The number of aliphatic hydroxyl groups excluding tert-OH is 7. The molecule has 4 fully saturated rings. The maximum absolute atomic E-state index is 13.2. The average Bonchev–Trinajstić information content (AvgIpc) is 3.33. The van der Waals surface area contributed by atoms with Crippen molar-refractivity contribution in [3.8, 4) is 5.75 Å². The maximum atomic E-state index is 13.2. The maximum Gasteiger partial charge on any atom is 0.415 e. The van der Waals surface area contributed by atoms with Crippen molar-refractivity contribution in [1.29, 1.82) is 0 Å². The summed E-state index contributed by atoms with van der Waals surface area (Å²) in [4.78, 5) is 59.5. The van der Waals surface area contributed by atoms with Gasteiger partial charge in [0.1, 0.15) is 91.1 Å². The summed E-state index contributed by atoms with van der Waals surface area (Å²) in [6.07, 6.45) is -39.1. The van der Waals surface area contributed by atoms with Gasteiger partial charge in [-0.3, -0.25) is 9.59 Å². The van der Waals surface area contributed by atoms with E-state index in [1.165, 1.54) is 12.1 Å². The number of hydrogen-bond donors (Lipinski definition) is 13. The van der Waals surface area contributed by atoms with Crippen LogP contribution in [0.15, 0.2) is 24.3 Å². The number of amides is 2. The van der Waals surface area contributed by atoms with Crippen molar-refractivity contribution in [2.24, 2.45) is 23.6 Å². The Morgan fingerprint density at radius 3 is 1.42 bits per heavy atom. The summed E-state index contributed by atoms with van der Waals surface area (Å²) in [5, 5.41) is 83.4. The minimum absolute atomic E-state index is 0.102. The van der Waals surface area contributed by atoms with Gasteiger partial charge in [-0.05, 0) is 19.1 Å². The van der Waals surface area contributed by atoms with Gasteiger partial charge < -0.3 is 93.9 Å². The predicted octanol–water partition coefficient (Wildman–Crippen LogP) is -9.90. The van der Waals surface area contributed by atoms with Crippen molar-refractivity contribution in [2.75, 3.05) is 13.2 Å². The normalized spacial score (nSPS) is 37.5. The van der Waals surface area contributed by atoms with Crippen LogP contribution in [0.25, 0.3) is 0 Å². The van der Waals surface area contributed by atoms with E-state index in [4.69, 9.17) is 59.8 Å². The molecule has 0 saturated carbocycles.